The van der Waals surface area contributed by atoms with Gasteiger partial charge in [-0.1, -0.05) is 42.5 Å². The fraction of sp³-hybridized carbons (Fsp3) is 0.389. The Kier molecular flexibility index (Phi) is 4.41. The Morgan fingerprint density at radius 3 is 2.68 bits per heavy atom. The van der Waals surface area contributed by atoms with Crippen LogP contribution in [0.1, 0.15) is 18.4 Å². The van der Waals surface area contributed by atoms with E-state index in [9.17, 15) is 9.90 Å². The molecule has 0 radical (unpaired) electrons. The second-order valence-corrected chi connectivity index (χ2v) is 6.06. The summed E-state index contributed by atoms with van der Waals surface area (Å²) in [6.07, 6.45) is 0.969. The third kappa shape index (κ3) is 3.13. The summed E-state index contributed by atoms with van der Waals surface area (Å²) in [6, 6.07) is 14.0. The average molecular weight is 299 g/mol. The SMILES string of the molecule is O=C(Cc1cccc2ccccc12)N[C@H]1C[C@H](CO)[C@H](O)C1. The van der Waals surface area contributed by atoms with E-state index >= 15 is 0 Å². The van der Waals surface area contributed by atoms with Crippen molar-refractivity contribution in [3.05, 3.63) is 48.0 Å². The molecule has 0 bridgehead atoms. The van der Waals surface area contributed by atoms with Crippen LogP contribution in [0.4, 0.5) is 0 Å². The van der Waals surface area contributed by atoms with Gasteiger partial charge in [-0.2, -0.15) is 0 Å². The van der Waals surface area contributed by atoms with Crippen LogP contribution in [-0.2, 0) is 11.2 Å². The minimum Gasteiger partial charge on any atom is -0.396 e. The second-order valence-electron chi connectivity index (χ2n) is 6.06. The molecule has 0 spiro atoms. The molecule has 4 heteroatoms. The van der Waals surface area contributed by atoms with Crippen molar-refractivity contribution in [3.8, 4) is 0 Å². The van der Waals surface area contributed by atoms with Gasteiger partial charge in [-0.05, 0) is 29.2 Å². The molecule has 0 saturated heterocycles. The van der Waals surface area contributed by atoms with E-state index in [1.54, 1.807) is 0 Å². The summed E-state index contributed by atoms with van der Waals surface area (Å²) in [5.74, 6) is -0.157. The Bertz CT molecular complexity index is 665. The van der Waals surface area contributed by atoms with Gasteiger partial charge in [0.1, 0.15) is 0 Å². The second kappa shape index (κ2) is 6.46. The fourth-order valence-electron chi connectivity index (χ4n) is 3.32. The Hall–Kier alpha value is -1.91. The maximum absolute atomic E-state index is 12.3. The third-order valence-corrected chi connectivity index (χ3v) is 4.49. The number of hydrogen-bond acceptors (Lipinski definition) is 3. The van der Waals surface area contributed by atoms with Gasteiger partial charge in [0.25, 0.3) is 0 Å². The number of nitrogens with one attached hydrogen (secondary N) is 1. The molecule has 1 saturated carbocycles. The van der Waals surface area contributed by atoms with Gasteiger partial charge in [0.15, 0.2) is 0 Å². The number of carbonyl (C=O) groups is 1. The molecule has 2 aromatic carbocycles. The number of benzene rings is 2. The highest BCUT2D eigenvalue weighted by Crippen LogP contribution is 2.26. The van der Waals surface area contributed by atoms with Crippen molar-refractivity contribution in [1.29, 1.82) is 0 Å². The van der Waals surface area contributed by atoms with Gasteiger partial charge >= 0.3 is 0 Å². The molecule has 1 fully saturated rings. The fourth-order valence-corrected chi connectivity index (χ4v) is 3.32. The number of aliphatic hydroxyl groups excluding tert-OH is 2. The number of fused-ring (bicyclic) bond motifs is 1. The first-order chi connectivity index (χ1) is 10.7. The zero-order valence-electron chi connectivity index (χ0n) is 12.4. The molecule has 116 valence electrons. The number of aliphatic hydroxyl groups is 2. The highest BCUT2D eigenvalue weighted by atomic mass is 16.3. The zero-order chi connectivity index (χ0) is 15.5. The monoisotopic (exact) mass is 299 g/mol. The molecule has 1 aliphatic carbocycles. The van der Waals surface area contributed by atoms with Crippen LogP contribution >= 0.6 is 0 Å². The van der Waals surface area contributed by atoms with Crippen molar-refractivity contribution >= 4 is 16.7 Å². The molecule has 1 amide bonds. The van der Waals surface area contributed by atoms with Crippen LogP contribution in [-0.4, -0.2) is 34.9 Å². The predicted octanol–water partition coefficient (Wildman–Crippen LogP) is 1.63. The van der Waals surface area contributed by atoms with Crippen molar-refractivity contribution < 1.29 is 15.0 Å². The van der Waals surface area contributed by atoms with E-state index in [-0.39, 0.29) is 24.5 Å². The molecule has 4 nitrogen and oxygen atoms in total. The molecule has 2 aromatic rings. The molecular weight excluding hydrogens is 278 g/mol. The summed E-state index contributed by atoms with van der Waals surface area (Å²) in [6.45, 7) is -0.0309. The van der Waals surface area contributed by atoms with Crippen LogP contribution in [0.15, 0.2) is 42.5 Å². The Morgan fingerprint density at radius 1 is 1.14 bits per heavy atom. The highest BCUT2D eigenvalue weighted by molar-refractivity contribution is 5.90. The van der Waals surface area contributed by atoms with E-state index in [0.29, 0.717) is 19.3 Å². The molecule has 3 N–H and O–H groups in total. The number of hydrogen-bond donors (Lipinski definition) is 3. The van der Waals surface area contributed by atoms with Crippen molar-refractivity contribution in [2.24, 2.45) is 5.92 Å². The van der Waals surface area contributed by atoms with Gasteiger partial charge in [0.2, 0.25) is 5.91 Å². The Balaban J connectivity index is 1.67. The van der Waals surface area contributed by atoms with Gasteiger partial charge in [-0.25, -0.2) is 0 Å². The summed E-state index contributed by atoms with van der Waals surface area (Å²) in [5, 5.41) is 24.2. The minimum atomic E-state index is -0.521. The lowest BCUT2D eigenvalue weighted by Gasteiger charge is -2.13. The lowest BCUT2D eigenvalue weighted by Crippen LogP contribution is -2.34. The molecule has 22 heavy (non-hydrogen) atoms. The maximum atomic E-state index is 12.3. The topological polar surface area (TPSA) is 69.6 Å². The van der Waals surface area contributed by atoms with E-state index in [1.807, 2.05) is 42.5 Å². The number of amides is 1. The number of rotatable bonds is 4. The zero-order valence-corrected chi connectivity index (χ0v) is 12.4. The average Bonchev–Trinajstić information content (AvgIpc) is 2.87. The smallest absolute Gasteiger partial charge is 0.224 e. The lowest BCUT2D eigenvalue weighted by atomic mass is 10.0. The van der Waals surface area contributed by atoms with Crippen LogP contribution in [0.5, 0.6) is 0 Å². The van der Waals surface area contributed by atoms with E-state index in [4.69, 9.17) is 5.11 Å². The summed E-state index contributed by atoms with van der Waals surface area (Å²) >= 11 is 0. The van der Waals surface area contributed by atoms with Crippen molar-refractivity contribution in [1.82, 2.24) is 5.32 Å². The van der Waals surface area contributed by atoms with E-state index in [1.165, 1.54) is 0 Å². The molecule has 3 atom stereocenters. The first kappa shape index (κ1) is 15.0. The largest absolute Gasteiger partial charge is 0.396 e. The number of carbonyl (C=O) groups excluding carboxylic acids is 1. The maximum Gasteiger partial charge on any atom is 0.224 e. The van der Waals surface area contributed by atoms with Crippen LogP contribution < -0.4 is 5.32 Å². The van der Waals surface area contributed by atoms with Crippen molar-refractivity contribution in [3.63, 3.8) is 0 Å². The summed E-state index contributed by atoms with van der Waals surface area (Å²) in [7, 11) is 0. The van der Waals surface area contributed by atoms with E-state index in [2.05, 4.69) is 5.32 Å². The first-order valence-corrected chi connectivity index (χ1v) is 7.72. The molecule has 0 heterocycles. The third-order valence-electron chi connectivity index (χ3n) is 4.49. The Morgan fingerprint density at radius 2 is 1.91 bits per heavy atom. The van der Waals surface area contributed by atoms with Gasteiger partial charge < -0.3 is 15.5 Å². The van der Waals surface area contributed by atoms with Crippen molar-refractivity contribution in [2.75, 3.05) is 6.61 Å². The van der Waals surface area contributed by atoms with Crippen LogP contribution in [0.25, 0.3) is 10.8 Å². The van der Waals surface area contributed by atoms with Crippen LogP contribution in [0.2, 0.25) is 0 Å². The lowest BCUT2D eigenvalue weighted by molar-refractivity contribution is -0.121. The minimum absolute atomic E-state index is 0.0309. The summed E-state index contributed by atoms with van der Waals surface area (Å²) < 4.78 is 0. The van der Waals surface area contributed by atoms with Gasteiger partial charge in [-0.15, -0.1) is 0 Å². The van der Waals surface area contributed by atoms with Gasteiger partial charge in [0, 0.05) is 18.6 Å². The first-order valence-electron chi connectivity index (χ1n) is 7.72. The predicted molar refractivity (Wildman–Crippen MR) is 85.4 cm³/mol. The Labute approximate surface area is 129 Å². The molecule has 0 unspecified atom stereocenters. The molecule has 3 rings (SSSR count). The molecule has 1 aliphatic rings. The van der Waals surface area contributed by atoms with Gasteiger partial charge in [-0.3, -0.25) is 4.79 Å². The highest BCUT2D eigenvalue weighted by Gasteiger charge is 2.33. The standard InChI is InChI=1S/C18H21NO3/c20-11-14-8-15(10-17(14)21)19-18(22)9-13-6-3-5-12-4-1-2-7-16(12)13/h1-7,14-15,17,20-21H,8-11H2,(H,19,22)/t14-,15+,17-/m1/s1. The van der Waals surface area contributed by atoms with Crippen molar-refractivity contribution in [2.45, 2.75) is 31.4 Å². The normalized spacial score (nSPS) is 24.5. The molecular formula is C18H21NO3. The quantitative estimate of drug-likeness (QED) is 0.803. The van der Waals surface area contributed by atoms with E-state index in [0.717, 1.165) is 16.3 Å². The molecule has 0 aliphatic heterocycles. The summed E-state index contributed by atoms with van der Waals surface area (Å²) in [4.78, 5) is 12.3. The molecule has 0 aromatic heterocycles. The van der Waals surface area contributed by atoms with Crippen LogP contribution in [0, 0.1) is 5.92 Å². The van der Waals surface area contributed by atoms with E-state index < -0.39 is 6.10 Å². The van der Waals surface area contributed by atoms with Crippen LogP contribution in [0.3, 0.4) is 0 Å². The summed E-state index contributed by atoms with van der Waals surface area (Å²) in [5.41, 5.74) is 1.01. The van der Waals surface area contributed by atoms with Gasteiger partial charge in [0.05, 0.1) is 12.5 Å².